The molecule has 33 heavy (non-hydrogen) atoms. The first-order chi connectivity index (χ1) is 15.9. The predicted octanol–water partition coefficient (Wildman–Crippen LogP) is 5.94. The summed E-state index contributed by atoms with van der Waals surface area (Å²) in [5, 5.41) is 7.81. The van der Waals surface area contributed by atoms with E-state index in [-0.39, 0.29) is 11.9 Å². The molecule has 1 atom stereocenters. The van der Waals surface area contributed by atoms with Gasteiger partial charge in [-0.25, -0.2) is 9.50 Å². The van der Waals surface area contributed by atoms with Gasteiger partial charge in [0.15, 0.2) is 5.65 Å². The highest BCUT2D eigenvalue weighted by molar-refractivity contribution is 5.95. The Hall–Kier alpha value is -3.47. The van der Waals surface area contributed by atoms with E-state index in [0.717, 1.165) is 41.7 Å². The highest BCUT2D eigenvalue weighted by atomic mass is 16.1. The summed E-state index contributed by atoms with van der Waals surface area (Å²) in [6, 6.07) is 15.1. The average molecular weight is 439 g/mol. The highest BCUT2D eigenvalue weighted by Gasteiger charge is 2.24. The number of aryl methyl sites for hydroxylation is 3. The van der Waals surface area contributed by atoms with Crippen molar-refractivity contribution in [2.45, 2.75) is 58.9 Å². The van der Waals surface area contributed by atoms with E-state index in [0.29, 0.717) is 11.5 Å². The molecule has 1 aliphatic carbocycles. The first kappa shape index (κ1) is 21.4. The maximum absolute atomic E-state index is 13.2. The van der Waals surface area contributed by atoms with Crippen molar-refractivity contribution < 1.29 is 4.79 Å². The third kappa shape index (κ3) is 3.92. The van der Waals surface area contributed by atoms with Gasteiger partial charge in [-0.2, -0.15) is 5.10 Å². The van der Waals surface area contributed by atoms with Gasteiger partial charge in [-0.05, 0) is 61.3 Å². The Morgan fingerprint density at radius 3 is 2.64 bits per heavy atom. The molecular weight excluding hydrogens is 408 g/mol. The lowest BCUT2D eigenvalue weighted by Gasteiger charge is -2.27. The SMILES string of the molecule is Cc1ccc2c(c1)CCC[C@@H]2NC(=O)c1cnc2c(-c3ccc(C(C)C)cc3)cnn2c1C. The van der Waals surface area contributed by atoms with Gasteiger partial charge in [-0.15, -0.1) is 0 Å². The number of fused-ring (bicyclic) bond motifs is 2. The van der Waals surface area contributed by atoms with E-state index in [9.17, 15) is 4.79 Å². The van der Waals surface area contributed by atoms with Crippen molar-refractivity contribution in [2.75, 3.05) is 0 Å². The molecular formula is C28H30N4O. The first-order valence-corrected chi connectivity index (χ1v) is 11.8. The Labute approximate surface area is 194 Å². The lowest BCUT2D eigenvalue weighted by molar-refractivity contribution is 0.0931. The van der Waals surface area contributed by atoms with E-state index in [4.69, 9.17) is 0 Å². The Kier molecular flexibility index (Phi) is 5.49. The van der Waals surface area contributed by atoms with Gasteiger partial charge in [0.05, 0.1) is 23.5 Å². The van der Waals surface area contributed by atoms with Crippen LogP contribution in [0.1, 0.15) is 77.0 Å². The van der Waals surface area contributed by atoms with Crippen LogP contribution in [-0.4, -0.2) is 20.5 Å². The second kappa shape index (κ2) is 8.47. The van der Waals surface area contributed by atoms with Crippen molar-refractivity contribution in [2.24, 2.45) is 0 Å². The molecule has 0 radical (unpaired) electrons. The molecule has 0 aliphatic heterocycles. The van der Waals surface area contributed by atoms with E-state index in [1.165, 1.54) is 22.3 Å². The monoisotopic (exact) mass is 438 g/mol. The van der Waals surface area contributed by atoms with E-state index >= 15 is 0 Å². The van der Waals surface area contributed by atoms with Crippen LogP contribution in [-0.2, 0) is 6.42 Å². The summed E-state index contributed by atoms with van der Waals surface area (Å²) in [7, 11) is 0. The lowest BCUT2D eigenvalue weighted by atomic mass is 9.86. The van der Waals surface area contributed by atoms with Gasteiger partial charge in [0.2, 0.25) is 0 Å². The van der Waals surface area contributed by atoms with Gasteiger partial charge in [0.25, 0.3) is 5.91 Å². The fourth-order valence-electron chi connectivity index (χ4n) is 4.85. The summed E-state index contributed by atoms with van der Waals surface area (Å²) in [4.78, 5) is 17.9. The molecule has 5 nitrogen and oxygen atoms in total. The Balaban J connectivity index is 1.43. The molecule has 168 valence electrons. The normalized spacial score (nSPS) is 15.6. The summed E-state index contributed by atoms with van der Waals surface area (Å²) in [5.74, 6) is 0.392. The fourth-order valence-corrected chi connectivity index (χ4v) is 4.85. The predicted molar refractivity (Wildman–Crippen MR) is 132 cm³/mol. The van der Waals surface area contributed by atoms with E-state index in [1.54, 1.807) is 10.7 Å². The minimum Gasteiger partial charge on any atom is -0.345 e. The summed E-state index contributed by atoms with van der Waals surface area (Å²) in [6.45, 7) is 8.42. The molecule has 2 aromatic heterocycles. The number of benzene rings is 2. The van der Waals surface area contributed by atoms with Gasteiger partial charge in [-0.3, -0.25) is 4.79 Å². The molecule has 5 heteroatoms. The Morgan fingerprint density at radius 2 is 1.88 bits per heavy atom. The molecule has 2 heterocycles. The van der Waals surface area contributed by atoms with Crippen molar-refractivity contribution in [1.29, 1.82) is 0 Å². The minimum absolute atomic E-state index is 0.0320. The van der Waals surface area contributed by atoms with Gasteiger partial charge >= 0.3 is 0 Å². The van der Waals surface area contributed by atoms with E-state index in [2.05, 4.69) is 78.6 Å². The van der Waals surface area contributed by atoms with Crippen LogP contribution >= 0.6 is 0 Å². The minimum atomic E-state index is -0.0985. The Bertz CT molecular complexity index is 1330. The zero-order valence-electron chi connectivity index (χ0n) is 19.7. The second-order valence-electron chi connectivity index (χ2n) is 9.45. The molecule has 0 spiro atoms. The smallest absolute Gasteiger partial charge is 0.255 e. The summed E-state index contributed by atoms with van der Waals surface area (Å²) in [6.07, 6.45) is 6.63. The lowest BCUT2D eigenvalue weighted by Crippen LogP contribution is -2.32. The van der Waals surface area contributed by atoms with Gasteiger partial charge in [0, 0.05) is 11.8 Å². The largest absolute Gasteiger partial charge is 0.345 e. The highest BCUT2D eigenvalue weighted by Crippen LogP contribution is 2.31. The number of amides is 1. The van der Waals surface area contributed by atoms with Crippen LogP contribution in [0.4, 0.5) is 0 Å². The molecule has 5 rings (SSSR count). The number of carbonyl (C=O) groups excluding carboxylic acids is 1. The standard InChI is InChI=1S/C28H30N4O/c1-17(2)20-9-11-21(12-10-20)25-16-30-32-19(4)24(15-29-27(25)32)28(33)31-26-7-5-6-22-14-18(3)8-13-23(22)26/h8-17,26H,5-7H2,1-4H3,(H,31,33)/t26-/m0/s1. The van der Waals surface area contributed by atoms with Gasteiger partial charge < -0.3 is 5.32 Å². The van der Waals surface area contributed by atoms with Crippen LogP contribution in [0.2, 0.25) is 0 Å². The molecule has 0 unspecified atom stereocenters. The van der Waals surface area contributed by atoms with Crippen LogP contribution in [0.3, 0.4) is 0 Å². The van der Waals surface area contributed by atoms with Crippen molar-refractivity contribution in [1.82, 2.24) is 19.9 Å². The number of nitrogens with one attached hydrogen (secondary N) is 1. The summed E-state index contributed by atoms with van der Waals surface area (Å²) in [5.41, 5.74) is 9.31. The molecule has 1 amide bonds. The number of hydrogen-bond acceptors (Lipinski definition) is 3. The van der Waals surface area contributed by atoms with Crippen LogP contribution in [0.5, 0.6) is 0 Å². The third-order valence-electron chi connectivity index (χ3n) is 6.82. The molecule has 0 bridgehead atoms. The molecule has 0 saturated heterocycles. The number of nitrogens with zero attached hydrogens (tertiary/aromatic N) is 3. The maximum Gasteiger partial charge on any atom is 0.255 e. The van der Waals surface area contributed by atoms with Crippen molar-refractivity contribution in [3.05, 3.63) is 88.4 Å². The molecule has 2 aromatic carbocycles. The van der Waals surface area contributed by atoms with Gasteiger partial charge in [0.1, 0.15) is 0 Å². The molecule has 0 fully saturated rings. The van der Waals surface area contributed by atoms with Crippen LogP contribution < -0.4 is 5.32 Å². The summed E-state index contributed by atoms with van der Waals surface area (Å²) >= 11 is 0. The molecule has 1 aliphatic rings. The maximum atomic E-state index is 13.2. The van der Waals surface area contributed by atoms with Gasteiger partial charge in [-0.1, -0.05) is 61.9 Å². The van der Waals surface area contributed by atoms with E-state index < -0.39 is 0 Å². The number of carbonyl (C=O) groups is 1. The average Bonchev–Trinajstić information content (AvgIpc) is 3.24. The Morgan fingerprint density at radius 1 is 1.09 bits per heavy atom. The third-order valence-corrected chi connectivity index (χ3v) is 6.82. The fraction of sp³-hybridized carbons (Fsp3) is 0.321. The van der Waals surface area contributed by atoms with Crippen molar-refractivity contribution >= 4 is 11.6 Å². The zero-order valence-corrected chi connectivity index (χ0v) is 19.7. The van der Waals surface area contributed by atoms with Crippen LogP contribution in [0.25, 0.3) is 16.8 Å². The first-order valence-electron chi connectivity index (χ1n) is 11.8. The number of hydrogen-bond donors (Lipinski definition) is 1. The topological polar surface area (TPSA) is 59.3 Å². The molecule has 1 N–H and O–H groups in total. The van der Waals surface area contributed by atoms with Crippen molar-refractivity contribution in [3.8, 4) is 11.1 Å². The van der Waals surface area contributed by atoms with Crippen molar-refractivity contribution in [3.63, 3.8) is 0 Å². The number of rotatable bonds is 4. The quantitative estimate of drug-likeness (QED) is 0.429. The summed E-state index contributed by atoms with van der Waals surface area (Å²) < 4.78 is 1.78. The van der Waals surface area contributed by atoms with E-state index in [1.807, 2.05) is 13.1 Å². The van der Waals surface area contributed by atoms with Crippen LogP contribution in [0, 0.1) is 13.8 Å². The number of aromatic nitrogens is 3. The molecule has 4 aromatic rings. The van der Waals surface area contributed by atoms with Crippen LogP contribution in [0.15, 0.2) is 54.9 Å². The molecule has 0 saturated carbocycles. The second-order valence-corrected chi connectivity index (χ2v) is 9.45. The zero-order chi connectivity index (χ0) is 23.1.